The molecule has 0 aliphatic heterocycles. The summed E-state index contributed by atoms with van der Waals surface area (Å²) < 4.78 is 7.76. The fourth-order valence-electron chi connectivity index (χ4n) is 3.20. The Morgan fingerprint density at radius 2 is 1.93 bits per heavy atom. The largest absolute Gasteiger partial charge is 0.455 e. The van der Waals surface area contributed by atoms with Crippen LogP contribution in [0, 0.1) is 13.8 Å². The smallest absolute Gasteiger partial charge is 0.322 e. The third-order valence-corrected chi connectivity index (χ3v) is 4.52. The first-order valence-corrected chi connectivity index (χ1v) is 8.95. The monoisotopic (exact) mass is 375 g/mol. The summed E-state index contributed by atoms with van der Waals surface area (Å²) in [5.41, 5.74) is 10.5. The highest BCUT2D eigenvalue weighted by Gasteiger charge is 2.19. The van der Waals surface area contributed by atoms with Gasteiger partial charge in [0.15, 0.2) is 0 Å². The molecule has 1 aromatic carbocycles. The van der Waals surface area contributed by atoms with Crippen LogP contribution in [0.4, 0.5) is 5.95 Å². The Morgan fingerprint density at radius 1 is 1.11 bits per heavy atom. The van der Waals surface area contributed by atoms with Crippen molar-refractivity contribution in [3.05, 3.63) is 53.6 Å². The van der Waals surface area contributed by atoms with Crippen LogP contribution in [0.3, 0.4) is 0 Å². The quantitative estimate of drug-likeness (QED) is 0.584. The van der Waals surface area contributed by atoms with E-state index in [1.54, 1.807) is 17.8 Å². The number of ether oxygens (including phenoxy) is 1. The molecule has 0 aliphatic rings. The van der Waals surface area contributed by atoms with Gasteiger partial charge in [-0.2, -0.15) is 20.1 Å². The van der Waals surface area contributed by atoms with E-state index in [2.05, 4.69) is 39.1 Å². The molecule has 0 amide bonds. The summed E-state index contributed by atoms with van der Waals surface area (Å²) in [7, 11) is 1.88. The molecule has 28 heavy (non-hydrogen) atoms. The van der Waals surface area contributed by atoms with E-state index in [0.717, 1.165) is 33.3 Å². The third kappa shape index (κ3) is 3.36. The highest BCUT2D eigenvalue weighted by atomic mass is 16.5. The number of fused-ring (bicyclic) bond motifs is 1. The summed E-state index contributed by atoms with van der Waals surface area (Å²) in [4.78, 5) is 17.2. The number of anilines is 1. The third-order valence-electron chi connectivity index (χ3n) is 4.52. The Morgan fingerprint density at radius 3 is 2.64 bits per heavy atom. The molecule has 0 fully saturated rings. The average Bonchev–Trinajstić information content (AvgIpc) is 3.06. The van der Waals surface area contributed by atoms with E-state index in [1.165, 1.54) is 0 Å². The van der Waals surface area contributed by atoms with Gasteiger partial charge in [-0.25, -0.2) is 4.98 Å². The van der Waals surface area contributed by atoms with Gasteiger partial charge in [0.2, 0.25) is 5.95 Å². The molecule has 1 unspecified atom stereocenters. The fourth-order valence-corrected chi connectivity index (χ4v) is 3.20. The van der Waals surface area contributed by atoms with E-state index in [-0.39, 0.29) is 18.1 Å². The van der Waals surface area contributed by atoms with Crippen LogP contribution in [-0.2, 0) is 7.05 Å². The summed E-state index contributed by atoms with van der Waals surface area (Å²) in [5, 5.41) is 5.34. The predicted molar refractivity (Wildman–Crippen MR) is 107 cm³/mol. The number of nitrogen functional groups attached to an aromatic ring is 1. The molecule has 0 aliphatic carbocycles. The molecule has 0 saturated heterocycles. The van der Waals surface area contributed by atoms with Crippen LogP contribution in [0.5, 0.6) is 6.01 Å². The predicted octanol–water partition coefficient (Wildman–Crippen LogP) is 3.16. The zero-order valence-corrected chi connectivity index (χ0v) is 16.2. The summed E-state index contributed by atoms with van der Waals surface area (Å²) in [6, 6.07) is 8.41. The van der Waals surface area contributed by atoms with Crippen LogP contribution in [0.25, 0.3) is 22.2 Å². The maximum Gasteiger partial charge on any atom is 0.322 e. The van der Waals surface area contributed by atoms with Gasteiger partial charge in [0.05, 0.1) is 17.4 Å². The fraction of sp³-hybridized carbons (Fsp3) is 0.250. The number of nitrogens with two attached hydrogens (primary N) is 1. The standard InChI is InChI=1S/C20H21N7O/c1-11-6-5-7-14-8-16(12(2)28-20-24-13(3)23-19(21)26-20)18(25-17(11)14)15-9-22-27(4)10-15/h5-10,12H,1-4H3,(H2,21,23,24,26). The van der Waals surface area contributed by atoms with Gasteiger partial charge >= 0.3 is 6.01 Å². The van der Waals surface area contributed by atoms with E-state index < -0.39 is 0 Å². The summed E-state index contributed by atoms with van der Waals surface area (Å²) in [5.74, 6) is 0.642. The summed E-state index contributed by atoms with van der Waals surface area (Å²) >= 11 is 0. The zero-order valence-electron chi connectivity index (χ0n) is 16.2. The number of pyridine rings is 1. The number of aromatic nitrogens is 6. The SMILES string of the molecule is Cc1nc(N)nc(OC(C)c2cc3cccc(C)c3nc2-c2cnn(C)c2)n1. The van der Waals surface area contributed by atoms with Crippen molar-refractivity contribution < 1.29 is 4.74 Å². The van der Waals surface area contributed by atoms with Crippen molar-refractivity contribution in [1.82, 2.24) is 29.7 Å². The summed E-state index contributed by atoms with van der Waals surface area (Å²) in [6.45, 7) is 5.74. The second-order valence-electron chi connectivity index (χ2n) is 6.76. The number of nitrogens with zero attached hydrogens (tertiary/aromatic N) is 6. The van der Waals surface area contributed by atoms with Crippen LogP contribution in [0.2, 0.25) is 0 Å². The van der Waals surface area contributed by atoms with Gasteiger partial charge in [0.25, 0.3) is 0 Å². The van der Waals surface area contributed by atoms with E-state index in [4.69, 9.17) is 15.5 Å². The minimum Gasteiger partial charge on any atom is -0.455 e. The molecule has 0 radical (unpaired) electrons. The van der Waals surface area contributed by atoms with Gasteiger partial charge < -0.3 is 10.5 Å². The Balaban J connectivity index is 1.84. The van der Waals surface area contributed by atoms with Gasteiger partial charge in [0.1, 0.15) is 11.9 Å². The number of benzene rings is 1. The molecule has 0 spiro atoms. The highest BCUT2D eigenvalue weighted by Crippen LogP contribution is 2.32. The van der Waals surface area contributed by atoms with Crippen molar-refractivity contribution in [2.24, 2.45) is 7.05 Å². The second kappa shape index (κ2) is 6.88. The van der Waals surface area contributed by atoms with Crippen molar-refractivity contribution in [2.45, 2.75) is 26.9 Å². The Kier molecular flexibility index (Phi) is 4.38. The molecule has 8 heteroatoms. The van der Waals surface area contributed by atoms with Gasteiger partial charge in [-0.1, -0.05) is 18.2 Å². The number of hydrogen-bond donors (Lipinski definition) is 1. The van der Waals surface area contributed by atoms with Crippen molar-refractivity contribution in [1.29, 1.82) is 0 Å². The molecule has 3 aromatic heterocycles. The van der Waals surface area contributed by atoms with Crippen LogP contribution in [0.1, 0.15) is 30.0 Å². The van der Waals surface area contributed by atoms with Crippen LogP contribution < -0.4 is 10.5 Å². The van der Waals surface area contributed by atoms with Gasteiger partial charge in [0, 0.05) is 29.8 Å². The van der Waals surface area contributed by atoms with E-state index in [9.17, 15) is 0 Å². The molecular formula is C20H21N7O. The second-order valence-corrected chi connectivity index (χ2v) is 6.76. The van der Waals surface area contributed by atoms with E-state index in [0.29, 0.717) is 5.82 Å². The normalized spacial score (nSPS) is 12.3. The van der Waals surface area contributed by atoms with Crippen molar-refractivity contribution in [3.63, 3.8) is 0 Å². The Hall–Kier alpha value is -3.55. The first-order chi connectivity index (χ1) is 13.4. The first kappa shape index (κ1) is 17.8. The molecule has 8 nitrogen and oxygen atoms in total. The van der Waals surface area contributed by atoms with Crippen molar-refractivity contribution >= 4 is 16.9 Å². The average molecular weight is 375 g/mol. The van der Waals surface area contributed by atoms with Gasteiger partial charge in [-0.15, -0.1) is 0 Å². The van der Waals surface area contributed by atoms with Crippen molar-refractivity contribution in [3.8, 4) is 17.3 Å². The lowest BCUT2D eigenvalue weighted by atomic mass is 10.0. The van der Waals surface area contributed by atoms with Crippen molar-refractivity contribution in [2.75, 3.05) is 5.73 Å². The molecule has 2 N–H and O–H groups in total. The lowest BCUT2D eigenvalue weighted by Gasteiger charge is -2.18. The number of hydrogen-bond acceptors (Lipinski definition) is 7. The van der Waals surface area contributed by atoms with Crippen LogP contribution >= 0.6 is 0 Å². The maximum atomic E-state index is 6.00. The van der Waals surface area contributed by atoms with E-state index in [1.807, 2.05) is 32.3 Å². The highest BCUT2D eigenvalue weighted by molar-refractivity contribution is 5.85. The van der Waals surface area contributed by atoms with Gasteiger partial charge in [-0.3, -0.25) is 4.68 Å². The summed E-state index contributed by atoms with van der Waals surface area (Å²) in [6.07, 6.45) is 3.38. The molecule has 4 rings (SSSR count). The topological polar surface area (TPSA) is 105 Å². The Bertz CT molecular complexity index is 1150. The van der Waals surface area contributed by atoms with Crippen LogP contribution in [0.15, 0.2) is 36.7 Å². The zero-order chi connectivity index (χ0) is 19.8. The van der Waals surface area contributed by atoms with Crippen LogP contribution in [-0.4, -0.2) is 29.7 Å². The minimum atomic E-state index is -0.353. The molecule has 0 saturated carbocycles. The molecule has 142 valence electrons. The lowest BCUT2D eigenvalue weighted by molar-refractivity contribution is 0.207. The first-order valence-electron chi connectivity index (χ1n) is 8.95. The number of para-hydroxylation sites is 1. The van der Waals surface area contributed by atoms with Gasteiger partial charge in [-0.05, 0) is 32.4 Å². The molecular weight excluding hydrogens is 354 g/mol. The number of rotatable bonds is 4. The molecule has 3 heterocycles. The van der Waals surface area contributed by atoms with E-state index >= 15 is 0 Å². The number of aryl methyl sites for hydroxylation is 3. The Labute approximate surface area is 162 Å². The lowest BCUT2D eigenvalue weighted by Crippen LogP contribution is -2.10. The molecule has 1 atom stereocenters. The maximum absolute atomic E-state index is 6.00. The molecule has 0 bridgehead atoms. The minimum absolute atomic E-state index is 0.134. The molecule has 4 aromatic rings.